The van der Waals surface area contributed by atoms with E-state index in [4.69, 9.17) is 11.6 Å². The van der Waals surface area contributed by atoms with Crippen molar-refractivity contribution in [1.82, 2.24) is 10.2 Å². The summed E-state index contributed by atoms with van der Waals surface area (Å²) in [5.41, 5.74) is 2.55. The Morgan fingerprint density at radius 1 is 0.923 bits per heavy atom. The van der Waals surface area contributed by atoms with Gasteiger partial charge in [0.15, 0.2) is 0 Å². The Bertz CT molecular complexity index is 1420. The van der Waals surface area contributed by atoms with Gasteiger partial charge in [-0.05, 0) is 94.6 Å². The van der Waals surface area contributed by atoms with Crippen LogP contribution < -0.4 is 9.62 Å². The fraction of sp³-hybridized carbons (Fsp3) is 0.333. The van der Waals surface area contributed by atoms with Gasteiger partial charge >= 0.3 is 0 Å². The molecule has 39 heavy (non-hydrogen) atoms. The number of nitrogens with zero attached hydrogens (tertiary/aromatic N) is 2. The average Bonchev–Trinajstić information content (AvgIpc) is 2.86. The van der Waals surface area contributed by atoms with Gasteiger partial charge in [0.2, 0.25) is 11.8 Å². The predicted molar refractivity (Wildman–Crippen MR) is 156 cm³/mol. The van der Waals surface area contributed by atoms with Gasteiger partial charge in [0.05, 0.1) is 10.6 Å². The van der Waals surface area contributed by atoms with Crippen molar-refractivity contribution in [1.29, 1.82) is 0 Å². The molecule has 0 unspecified atom stereocenters. The summed E-state index contributed by atoms with van der Waals surface area (Å²) in [6.45, 7) is 10.7. The van der Waals surface area contributed by atoms with E-state index in [1.54, 1.807) is 19.1 Å². The van der Waals surface area contributed by atoms with Crippen LogP contribution >= 0.6 is 11.6 Å². The maximum Gasteiger partial charge on any atom is 0.264 e. The van der Waals surface area contributed by atoms with Crippen molar-refractivity contribution < 1.29 is 18.0 Å². The van der Waals surface area contributed by atoms with E-state index < -0.39 is 34.1 Å². The fourth-order valence-corrected chi connectivity index (χ4v) is 5.51. The SMILES string of the molecule is Cc1ccc(N(CC(=O)N(Cc2ccccc2)[C@H](C)C(=O)NC(C)(C)C)S(=O)(=O)c2ccc(Cl)cc2)cc1C. The first-order valence-corrected chi connectivity index (χ1v) is 14.5. The first-order chi connectivity index (χ1) is 18.2. The van der Waals surface area contributed by atoms with Crippen molar-refractivity contribution in [2.45, 2.75) is 64.6 Å². The zero-order valence-electron chi connectivity index (χ0n) is 23.2. The number of halogens is 1. The molecule has 0 bridgehead atoms. The Labute approximate surface area is 236 Å². The number of anilines is 1. The van der Waals surface area contributed by atoms with Crippen molar-refractivity contribution in [3.05, 3.63) is 94.5 Å². The van der Waals surface area contributed by atoms with Crippen molar-refractivity contribution in [3.8, 4) is 0 Å². The molecule has 3 aromatic rings. The largest absolute Gasteiger partial charge is 0.350 e. The molecule has 0 spiro atoms. The van der Waals surface area contributed by atoms with E-state index in [1.807, 2.05) is 71.0 Å². The second kappa shape index (κ2) is 12.2. The molecule has 0 saturated heterocycles. The zero-order valence-corrected chi connectivity index (χ0v) is 24.8. The molecule has 7 nitrogen and oxygen atoms in total. The highest BCUT2D eigenvalue weighted by atomic mass is 35.5. The Hall–Kier alpha value is -3.36. The summed E-state index contributed by atoms with van der Waals surface area (Å²) in [6, 6.07) is 19.5. The number of aryl methyl sites for hydroxylation is 2. The third-order valence-corrected chi connectivity index (χ3v) is 8.36. The number of hydrogen-bond acceptors (Lipinski definition) is 4. The summed E-state index contributed by atoms with van der Waals surface area (Å²) in [7, 11) is -4.15. The number of nitrogens with one attached hydrogen (secondary N) is 1. The Balaban J connectivity index is 2.05. The Kier molecular flexibility index (Phi) is 9.46. The summed E-state index contributed by atoms with van der Waals surface area (Å²) < 4.78 is 28.9. The van der Waals surface area contributed by atoms with Crippen LogP contribution in [0.5, 0.6) is 0 Å². The van der Waals surface area contributed by atoms with E-state index in [9.17, 15) is 18.0 Å². The molecule has 0 aliphatic rings. The number of carbonyl (C=O) groups is 2. The third-order valence-electron chi connectivity index (χ3n) is 6.32. The first kappa shape index (κ1) is 30.2. The molecule has 0 heterocycles. The molecule has 0 fully saturated rings. The number of sulfonamides is 1. The Morgan fingerprint density at radius 3 is 2.10 bits per heavy atom. The highest BCUT2D eigenvalue weighted by molar-refractivity contribution is 7.92. The van der Waals surface area contributed by atoms with E-state index >= 15 is 0 Å². The van der Waals surface area contributed by atoms with Gasteiger partial charge in [-0.1, -0.05) is 48.0 Å². The van der Waals surface area contributed by atoms with Crippen LogP contribution in [0.2, 0.25) is 5.02 Å². The quantitative estimate of drug-likeness (QED) is 0.369. The minimum absolute atomic E-state index is 0.00561. The number of rotatable bonds is 9. The van der Waals surface area contributed by atoms with Gasteiger partial charge < -0.3 is 10.2 Å². The summed E-state index contributed by atoms with van der Waals surface area (Å²) in [5, 5.41) is 3.32. The van der Waals surface area contributed by atoms with Gasteiger partial charge in [0.1, 0.15) is 12.6 Å². The lowest BCUT2D eigenvalue weighted by Crippen LogP contribution is -2.54. The summed E-state index contributed by atoms with van der Waals surface area (Å²) in [6.07, 6.45) is 0. The highest BCUT2D eigenvalue weighted by Gasteiger charge is 2.33. The van der Waals surface area contributed by atoms with Crippen molar-refractivity contribution in [3.63, 3.8) is 0 Å². The number of benzene rings is 3. The van der Waals surface area contributed by atoms with Gasteiger partial charge in [-0.3, -0.25) is 13.9 Å². The number of hydrogen-bond donors (Lipinski definition) is 1. The van der Waals surface area contributed by atoms with Gasteiger partial charge in [-0.15, -0.1) is 0 Å². The second-order valence-electron chi connectivity index (χ2n) is 10.7. The topological polar surface area (TPSA) is 86.8 Å². The van der Waals surface area contributed by atoms with Gasteiger partial charge in [-0.25, -0.2) is 8.42 Å². The molecule has 0 saturated carbocycles. The van der Waals surface area contributed by atoms with Crippen LogP contribution in [0.25, 0.3) is 0 Å². The lowest BCUT2D eigenvalue weighted by Gasteiger charge is -2.33. The molecule has 3 aromatic carbocycles. The van der Waals surface area contributed by atoms with Gasteiger partial charge in [-0.2, -0.15) is 0 Å². The molecule has 0 radical (unpaired) electrons. The zero-order chi connectivity index (χ0) is 29.0. The average molecular weight is 570 g/mol. The molecule has 0 aliphatic carbocycles. The van der Waals surface area contributed by atoms with Gasteiger partial charge in [0, 0.05) is 17.1 Å². The highest BCUT2D eigenvalue weighted by Crippen LogP contribution is 2.27. The molecule has 1 N–H and O–H groups in total. The van der Waals surface area contributed by atoms with E-state index in [2.05, 4.69) is 5.32 Å². The number of carbonyl (C=O) groups excluding carboxylic acids is 2. The lowest BCUT2D eigenvalue weighted by molar-refractivity contribution is -0.140. The second-order valence-corrected chi connectivity index (χ2v) is 13.0. The summed E-state index contributed by atoms with van der Waals surface area (Å²) in [5.74, 6) is -0.837. The van der Waals surface area contributed by atoms with E-state index in [0.29, 0.717) is 10.7 Å². The van der Waals surface area contributed by atoms with Crippen molar-refractivity contribution >= 4 is 39.1 Å². The molecule has 2 amide bonds. The fourth-order valence-electron chi connectivity index (χ4n) is 3.98. The van der Waals surface area contributed by atoms with Crippen LogP contribution in [0.3, 0.4) is 0 Å². The number of amides is 2. The monoisotopic (exact) mass is 569 g/mol. The smallest absolute Gasteiger partial charge is 0.264 e. The van der Waals surface area contributed by atoms with Crippen LogP contribution in [0, 0.1) is 13.8 Å². The lowest BCUT2D eigenvalue weighted by atomic mass is 10.1. The molecular weight excluding hydrogens is 534 g/mol. The summed E-state index contributed by atoms with van der Waals surface area (Å²) >= 11 is 6.00. The minimum Gasteiger partial charge on any atom is -0.350 e. The molecule has 0 aromatic heterocycles. The third kappa shape index (κ3) is 7.83. The molecule has 208 valence electrons. The standard InChI is InChI=1S/C30H36ClN3O4S/c1-21-12-15-26(18-22(21)2)34(39(37,38)27-16-13-25(31)14-17-27)20-28(35)33(19-24-10-8-7-9-11-24)23(3)29(36)32-30(4,5)6/h7-18,23H,19-20H2,1-6H3,(H,32,36)/t23-/m1/s1. The van der Waals surface area contributed by atoms with Crippen LogP contribution in [0.15, 0.2) is 77.7 Å². The maximum absolute atomic E-state index is 13.9. The molecule has 0 aliphatic heterocycles. The van der Waals surface area contributed by atoms with Crippen LogP contribution in [-0.2, 0) is 26.2 Å². The van der Waals surface area contributed by atoms with E-state index in [1.165, 1.54) is 29.2 Å². The summed E-state index contributed by atoms with van der Waals surface area (Å²) in [4.78, 5) is 28.5. The van der Waals surface area contributed by atoms with E-state index in [0.717, 1.165) is 21.0 Å². The predicted octanol–water partition coefficient (Wildman–Crippen LogP) is 5.48. The molecule has 3 rings (SSSR count). The maximum atomic E-state index is 13.9. The van der Waals surface area contributed by atoms with Gasteiger partial charge in [0.25, 0.3) is 10.0 Å². The molecule has 1 atom stereocenters. The van der Waals surface area contributed by atoms with Crippen molar-refractivity contribution in [2.24, 2.45) is 0 Å². The van der Waals surface area contributed by atoms with Crippen molar-refractivity contribution in [2.75, 3.05) is 10.8 Å². The molecular formula is C30H36ClN3O4S. The van der Waals surface area contributed by atoms with E-state index in [-0.39, 0.29) is 17.3 Å². The molecule has 9 heteroatoms. The Morgan fingerprint density at radius 2 is 1.54 bits per heavy atom. The van der Waals surface area contributed by atoms with Crippen LogP contribution in [0.4, 0.5) is 5.69 Å². The van der Waals surface area contributed by atoms with Crippen LogP contribution in [0.1, 0.15) is 44.4 Å². The normalized spacial score (nSPS) is 12.5. The first-order valence-electron chi connectivity index (χ1n) is 12.7. The minimum atomic E-state index is -4.15. The van der Waals surface area contributed by atoms with Crippen LogP contribution in [-0.4, -0.2) is 43.3 Å².